The van der Waals surface area contributed by atoms with Gasteiger partial charge in [-0.1, -0.05) is 18.6 Å². The number of hydrogen-bond acceptors (Lipinski definition) is 3. The van der Waals surface area contributed by atoms with Crippen molar-refractivity contribution in [2.45, 2.75) is 44.4 Å². The van der Waals surface area contributed by atoms with E-state index in [2.05, 4.69) is 4.98 Å². The summed E-state index contributed by atoms with van der Waals surface area (Å²) in [6.07, 6.45) is 7.50. The molecular formula is C20H23FN2O2. The zero-order valence-electron chi connectivity index (χ0n) is 14.3. The monoisotopic (exact) mass is 342 g/mol. The van der Waals surface area contributed by atoms with E-state index >= 15 is 0 Å². The number of likely N-dealkylation sites (tertiary alicyclic amines) is 1. The standard InChI is InChI=1S/C20H23FN2O2/c21-17-8-1-4-14(10-17)11-18-12-22-19(25-18)16-7-3-9-23(13-16)20(24)15-5-2-6-15/h1,4,8,10,12,15-16H,2-3,5-7,9,11,13H2/t16-/m0/s1. The fourth-order valence-electron chi connectivity index (χ4n) is 3.73. The van der Waals surface area contributed by atoms with Crippen molar-refractivity contribution >= 4 is 5.91 Å². The third kappa shape index (κ3) is 3.60. The molecule has 2 heterocycles. The lowest BCUT2D eigenvalue weighted by molar-refractivity contribution is -0.139. The predicted octanol–water partition coefficient (Wildman–Crippen LogP) is 3.91. The van der Waals surface area contributed by atoms with Crippen LogP contribution >= 0.6 is 0 Å². The second-order valence-electron chi connectivity index (χ2n) is 7.22. The highest BCUT2D eigenvalue weighted by atomic mass is 19.1. The van der Waals surface area contributed by atoms with E-state index in [1.54, 1.807) is 12.3 Å². The minimum atomic E-state index is -0.241. The number of benzene rings is 1. The van der Waals surface area contributed by atoms with Crippen molar-refractivity contribution in [3.05, 3.63) is 53.5 Å². The van der Waals surface area contributed by atoms with E-state index in [0.717, 1.165) is 43.6 Å². The van der Waals surface area contributed by atoms with E-state index in [0.29, 0.717) is 24.8 Å². The first-order valence-electron chi connectivity index (χ1n) is 9.17. The molecule has 2 fully saturated rings. The summed E-state index contributed by atoms with van der Waals surface area (Å²) in [6.45, 7) is 1.55. The minimum absolute atomic E-state index is 0.166. The number of nitrogens with zero attached hydrogens (tertiary/aromatic N) is 2. The Bertz CT molecular complexity index is 754. The molecule has 25 heavy (non-hydrogen) atoms. The normalized spacial score (nSPS) is 21.2. The van der Waals surface area contributed by atoms with Gasteiger partial charge in [0.05, 0.1) is 12.1 Å². The molecule has 1 saturated heterocycles. The molecule has 5 heteroatoms. The molecule has 4 nitrogen and oxygen atoms in total. The number of hydrogen-bond donors (Lipinski definition) is 0. The van der Waals surface area contributed by atoms with Crippen LogP contribution in [0, 0.1) is 11.7 Å². The van der Waals surface area contributed by atoms with E-state index in [4.69, 9.17) is 4.42 Å². The molecule has 0 unspecified atom stereocenters. The summed E-state index contributed by atoms with van der Waals surface area (Å²) in [7, 11) is 0. The largest absolute Gasteiger partial charge is 0.445 e. The van der Waals surface area contributed by atoms with E-state index in [-0.39, 0.29) is 17.7 Å². The summed E-state index contributed by atoms with van der Waals surface area (Å²) in [5, 5.41) is 0. The molecule has 1 aromatic carbocycles. The average molecular weight is 342 g/mol. The smallest absolute Gasteiger partial charge is 0.225 e. The average Bonchev–Trinajstić information content (AvgIpc) is 3.02. The fraction of sp³-hybridized carbons (Fsp3) is 0.500. The quantitative estimate of drug-likeness (QED) is 0.846. The first-order valence-corrected chi connectivity index (χ1v) is 9.17. The maximum atomic E-state index is 13.3. The first-order chi connectivity index (χ1) is 12.2. The lowest BCUT2D eigenvalue weighted by atomic mass is 9.83. The molecule has 1 aliphatic heterocycles. The van der Waals surface area contributed by atoms with E-state index in [1.807, 2.05) is 11.0 Å². The van der Waals surface area contributed by atoms with Gasteiger partial charge in [-0.05, 0) is 43.4 Å². The Morgan fingerprint density at radius 2 is 2.16 bits per heavy atom. The molecular weight excluding hydrogens is 319 g/mol. The van der Waals surface area contributed by atoms with Gasteiger partial charge in [0.2, 0.25) is 5.91 Å². The molecule has 1 aromatic heterocycles. The Morgan fingerprint density at radius 3 is 2.92 bits per heavy atom. The van der Waals surface area contributed by atoms with Crippen LogP contribution in [0.25, 0.3) is 0 Å². The van der Waals surface area contributed by atoms with Crippen LogP contribution in [0.15, 0.2) is 34.9 Å². The van der Waals surface area contributed by atoms with Crippen LogP contribution in [0.4, 0.5) is 4.39 Å². The summed E-state index contributed by atoms with van der Waals surface area (Å²) in [6, 6.07) is 6.53. The molecule has 132 valence electrons. The summed E-state index contributed by atoms with van der Waals surface area (Å²) in [5.74, 6) is 1.92. The van der Waals surface area contributed by atoms with Crippen LogP contribution in [0.2, 0.25) is 0 Å². The number of carbonyl (C=O) groups excluding carboxylic acids is 1. The number of piperidine rings is 1. The van der Waals surface area contributed by atoms with Crippen LogP contribution in [0.1, 0.15) is 55.2 Å². The summed E-state index contributed by atoms with van der Waals surface area (Å²) in [5.41, 5.74) is 0.869. The van der Waals surface area contributed by atoms with Gasteiger partial charge >= 0.3 is 0 Å². The Labute approximate surface area is 147 Å². The molecule has 0 N–H and O–H groups in total. The number of carbonyl (C=O) groups is 1. The van der Waals surface area contributed by atoms with E-state index in [1.165, 1.54) is 18.6 Å². The van der Waals surface area contributed by atoms with Crippen molar-refractivity contribution in [3.8, 4) is 0 Å². The molecule has 0 radical (unpaired) electrons. The van der Waals surface area contributed by atoms with Gasteiger partial charge in [-0.2, -0.15) is 0 Å². The van der Waals surface area contributed by atoms with Crippen molar-refractivity contribution in [2.75, 3.05) is 13.1 Å². The summed E-state index contributed by atoms with van der Waals surface area (Å²) in [4.78, 5) is 18.9. The molecule has 1 aliphatic carbocycles. The van der Waals surface area contributed by atoms with Crippen molar-refractivity contribution in [3.63, 3.8) is 0 Å². The van der Waals surface area contributed by atoms with Gasteiger partial charge in [-0.15, -0.1) is 0 Å². The molecule has 2 aromatic rings. The number of rotatable bonds is 4. The SMILES string of the molecule is O=C(C1CCC1)N1CCC[C@H](c2ncc(Cc3cccc(F)c3)o2)C1. The minimum Gasteiger partial charge on any atom is -0.445 e. The highest BCUT2D eigenvalue weighted by Gasteiger charge is 2.33. The summed E-state index contributed by atoms with van der Waals surface area (Å²) >= 11 is 0. The van der Waals surface area contributed by atoms with Crippen molar-refractivity contribution < 1.29 is 13.6 Å². The lowest BCUT2D eigenvalue weighted by Crippen LogP contribution is -2.44. The van der Waals surface area contributed by atoms with Crippen LogP contribution in [-0.4, -0.2) is 28.9 Å². The highest BCUT2D eigenvalue weighted by Crippen LogP contribution is 2.32. The van der Waals surface area contributed by atoms with Gasteiger partial charge in [0, 0.05) is 25.4 Å². The van der Waals surface area contributed by atoms with Gasteiger partial charge in [-0.25, -0.2) is 9.37 Å². The number of halogens is 1. The molecule has 1 saturated carbocycles. The van der Waals surface area contributed by atoms with Crippen molar-refractivity contribution in [2.24, 2.45) is 5.92 Å². The van der Waals surface area contributed by atoms with E-state index < -0.39 is 0 Å². The molecule has 0 spiro atoms. The topological polar surface area (TPSA) is 46.3 Å². The zero-order valence-corrected chi connectivity index (χ0v) is 14.3. The molecule has 4 rings (SSSR count). The van der Waals surface area contributed by atoms with Crippen LogP contribution in [0.5, 0.6) is 0 Å². The summed E-state index contributed by atoms with van der Waals surface area (Å²) < 4.78 is 19.2. The molecule has 1 atom stereocenters. The Balaban J connectivity index is 1.41. The molecule has 0 bridgehead atoms. The van der Waals surface area contributed by atoms with Crippen molar-refractivity contribution in [1.29, 1.82) is 0 Å². The van der Waals surface area contributed by atoms with Gasteiger partial charge < -0.3 is 9.32 Å². The fourth-order valence-corrected chi connectivity index (χ4v) is 3.73. The maximum Gasteiger partial charge on any atom is 0.225 e. The number of aromatic nitrogens is 1. The first kappa shape index (κ1) is 16.3. The number of amides is 1. The second kappa shape index (κ2) is 6.98. The number of oxazole rings is 1. The highest BCUT2D eigenvalue weighted by molar-refractivity contribution is 5.79. The third-order valence-corrected chi connectivity index (χ3v) is 5.38. The maximum absolute atomic E-state index is 13.3. The zero-order chi connectivity index (χ0) is 17.2. The van der Waals surface area contributed by atoms with Gasteiger partial charge in [0.1, 0.15) is 11.6 Å². The van der Waals surface area contributed by atoms with Crippen LogP contribution < -0.4 is 0 Å². The van der Waals surface area contributed by atoms with Gasteiger partial charge in [0.25, 0.3) is 0 Å². The lowest BCUT2D eigenvalue weighted by Gasteiger charge is -2.36. The third-order valence-electron chi connectivity index (χ3n) is 5.38. The van der Waals surface area contributed by atoms with Gasteiger partial charge in [-0.3, -0.25) is 4.79 Å². The van der Waals surface area contributed by atoms with Crippen molar-refractivity contribution in [1.82, 2.24) is 9.88 Å². The Morgan fingerprint density at radius 1 is 1.28 bits per heavy atom. The molecule has 2 aliphatic rings. The second-order valence-corrected chi connectivity index (χ2v) is 7.22. The van der Waals surface area contributed by atoms with Gasteiger partial charge in [0.15, 0.2) is 5.89 Å². The van der Waals surface area contributed by atoms with Crippen LogP contribution in [-0.2, 0) is 11.2 Å². The Kier molecular flexibility index (Phi) is 4.55. The molecule has 1 amide bonds. The Hall–Kier alpha value is -2.17. The van der Waals surface area contributed by atoms with Crippen LogP contribution in [0.3, 0.4) is 0 Å². The van der Waals surface area contributed by atoms with E-state index in [9.17, 15) is 9.18 Å². The predicted molar refractivity (Wildman–Crippen MR) is 91.6 cm³/mol.